The average molecular weight is 311 g/mol. The quantitative estimate of drug-likeness (QED) is 0.749. The zero-order valence-corrected chi connectivity index (χ0v) is 13.2. The number of amides is 1. The van der Waals surface area contributed by atoms with Crippen LogP contribution in [0.2, 0.25) is 0 Å². The number of hydrogen-bond donors (Lipinski definition) is 2. The van der Waals surface area contributed by atoms with E-state index in [1.54, 1.807) is 0 Å². The number of carbonyl (C=O) groups is 1. The predicted molar refractivity (Wildman–Crippen MR) is 89.7 cm³/mol. The molecule has 2 aromatic heterocycles. The van der Waals surface area contributed by atoms with Gasteiger partial charge in [-0.2, -0.15) is 0 Å². The zero-order chi connectivity index (χ0) is 15.1. The van der Waals surface area contributed by atoms with Gasteiger partial charge >= 0.3 is 0 Å². The fourth-order valence-electron chi connectivity index (χ4n) is 3.13. The van der Waals surface area contributed by atoms with E-state index in [1.165, 1.54) is 40.8 Å². The third kappa shape index (κ3) is 2.31. The summed E-state index contributed by atoms with van der Waals surface area (Å²) in [7, 11) is 0. The van der Waals surface area contributed by atoms with Crippen molar-refractivity contribution < 1.29 is 4.79 Å². The number of nitrogens with one attached hydrogen (secondary N) is 2. The number of nitrogens with zero attached hydrogens (tertiary/aromatic N) is 1. The van der Waals surface area contributed by atoms with Crippen LogP contribution >= 0.6 is 11.3 Å². The SMILES string of the molecule is Cc1csc(NC(=O)c2ccc3[nH]c4c(c3c2)CCCC4)n1. The topological polar surface area (TPSA) is 57.8 Å². The third-order valence-corrected chi connectivity index (χ3v) is 5.08. The summed E-state index contributed by atoms with van der Waals surface area (Å²) in [6.45, 7) is 1.92. The molecule has 1 aliphatic rings. The monoisotopic (exact) mass is 311 g/mol. The van der Waals surface area contributed by atoms with E-state index in [0.29, 0.717) is 10.7 Å². The van der Waals surface area contributed by atoms with E-state index in [4.69, 9.17) is 0 Å². The molecule has 1 amide bonds. The lowest BCUT2D eigenvalue weighted by atomic mass is 9.95. The predicted octanol–water partition coefficient (Wildman–Crippen LogP) is 4.06. The molecule has 0 saturated carbocycles. The molecule has 1 aromatic carbocycles. The molecule has 0 radical (unpaired) electrons. The molecule has 22 heavy (non-hydrogen) atoms. The molecular formula is C17H17N3OS. The lowest BCUT2D eigenvalue weighted by Gasteiger charge is -2.10. The number of rotatable bonds is 2. The Morgan fingerprint density at radius 1 is 1.32 bits per heavy atom. The molecule has 3 aromatic rings. The molecule has 0 atom stereocenters. The lowest BCUT2D eigenvalue weighted by Crippen LogP contribution is -2.11. The number of aryl methyl sites for hydroxylation is 3. The van der Waals surface area contributed by atoms with Crippen molar-refractivity contribution in [3.05, 3.63) is 46.1 Å². The minimum Gasteiger partial charge on any atom is -0.358 e. The second-order valence-corrected chi connectivity index (χ2v) is 6.66. The fraction of sp³-hybridized carbons (Fsp3) is 0.294. The van der Waals surface area contributed by atoms with E-state index < -0.39 is 0 Å². The van der Waals surface area contributed by atoms with Gasteiger partial charge in [0.1, 0.15) is 0 Å². The van der Waals surface area contributed by atoms with E-state index in [1.807, 2.05) is 30.5 Å². The maximum atomic E-state index is 12.4. The summed E-state index contributed by atoms with van der Waals surface area (Å²) in [5.41, 5.74) is 5.48. The van der Waals surface area contributed by atoms with Gasteiger partial charge in [-0.3, -0.25) is 10.1 Å². The third-order valence-electron chi connectivity index (χ3n) is 4.20. The first-order valence-corrected chi connectivity index (χ1v) is 8.45. The van der Waals surface area contributed by atoms with Crippen LogP contribution in [0.4, 0.5) is 5.13 Å². The second-order valence-electron chi connectivity index (χ2n) is 5.80. The Labute approximate surface area is 132 Å². The molecule has 5 heteroatoms. The summed E-state index contributed by atoms with van der Waals surface area (Å²) < 4.78 is 0. The second kappa shape index (κ2) is 5.25. The molecular weight excluding hydrogens is 294 g/mol. The van der Waals surface area contributed by atoms with Crippen LogP contribution in [-0.2, 0) is 12.8 Å². The van der Waals surface area contributed by atoms with E-state index >= 15 is 0 Å². The van der Waals surface area contributed by atoms with Crippen molar-refractivity contribution in [3.63, 3.8) is 0 Å². The van der Waals surface area contributed by atoms with Crippen molar-refractivity contribution in [1.82, 2.24) is 9.97 Å². The molecule has 0 saturated heterocycles. The fourth-order valence-corrected chi connectivity index (χ4v) is 3.81. The summed E-state index contributed by atoms with van der Waals surface area (Å²) in [4.78, 5) is 20.2. The van der Waals surface area contributed by atoms with Gasteiger partial charge in [0, 0.05) is 27.5 Å². The van der Waals surface area contributed by atoms with Crippen molar-refractivity contribution in [2.24, 2.45) is 0 Å². The van der Waals surface area contributed by atoms with Crippen LogP contribution in [0, 0.1) is 6.92 Å². The maximum absolute atomic E-state index is 12.4. The van der Waals surface area contributed by atoms with E-state index in [-0.39, 0.29) is 5.91 Å². The molecule has 2 N–H and O–H groups in total. The smallest absolute Gasteiger partial charge is 0.257 e. The van der Waals surface area contributed by atoms with Gasteiger partial charge in [0.05, 0.1) is 5.69 Å². The van der Waals surface area contributed by atoms with Gasteiger partial charge in [-0.25, -0.2) is 4.98 Å². The highest BCUT2D eigenvalue weighted by Crippen LogP contribution is 2.30. The standard InChI is InChI=1S/C17H17N3OS/c1-10-9-22-17(18-10)20-16(21)11-6-7-15-13(8-11)12-4-2-3-5-14(12)19-15/h6-9,19H,2-5H2,1H3,(H,18,20,21). The zero-order valence-electron chi connectivity index (χ0n) is 12.4. The van der Waals surface area contributed by atoms with Crippen LogP contribution in [-0.4, -0.2) is 15.9 Å². The van der Waals surface area contributed by atoms with Crippen molar-refractivity contribution in [3.8, 4) is 0 Å². The Balaban J connectivity index is 1.68. The summed E-state index contributed by atoms with van der Waals surface area (Å²) in [6, 6.07) is 5.89. The van der Waals surface area contributed by atoms with Crippen LogP contribution in [0.1, 0.15) is 40.2 Å². The number of hydrogen-bond acceptors (Lipinski definition) is 3. The highest BCUT2D eigenvalue weighted by Gasteiger charge is 2.17. The number of fused-ring (bicyclic) bond motifs is 3. The van der Waals surface area contributed by atoms with Crippen LogP contribution < -0.4 is 5.32 Å². The number of aromatic nitrogens is 2. The molecule has 0 spiro atoms. The Bertz CT molecular complexity index is 862. The molecule has 2 heterocycles. The first-order valence-electron chi connectivity index (χ1n) is 7.57. The first-order chi connectivity index (χ1) is 10.7. The minimum absolute atomic E-state index is 0.0954. The molecule has 4 rings (SSSR count). The van der Waals surface area contributed by atoms with Crippen molar-refractivity contribution in [2.45, 2.75) is 32.6 Å². The van der Waals surface area contributed by atoms with Gasteiger partial charge < -0.3 is 4.98 Å². The van der Waals surface area contributed by atoms with Gasteiger partial charge in [-0.1, -0.05) is 0 Å². The number of H-pyrrole nitrogens is 1. The Hall–Kier alpha value is -2.14. The van der Waals surface area contributed by atoms with Crippen LogP contribution in [0.3, 0.4) is 0 Å². The molecule has 0 bridgehead atoms. The molecule has 112 valence electrons. The number of aromatic amines is 1. The molecule has 4 nitrogen and oxygen atoms in total. The van der Waals surface area contributed by atoms with E-state index in [9.17, 15) is 4.79 Å². The Kier molecular flexibility index (Phi) is 3.22. The van der Waals surface area contributed by atoms with Crippen LogP contribution in [0.25, 0.3) is 10.9 Å². The van der Waals surface area contributed by atoms with Crippen LogP contribution in [0.5, 0.6) is 0 Å². The summed E-state index contributed by atoms with van der Waals surface area (Å²) in [5, 5.41) is 6.65. The first kappa shape index (κ1) is 13.5. The number of benzene rings is 1. The largest absolute Gasteiger partial charge is 0.358 e. The van der Waals surface area contributed by atoms with Crippen molar-refractivity contribution in [2.75, 3.05) is 5.32 Å². The average Bonchev–Trinajstić information content (AvgIpc) is 3.10. The Morgan fingerprint density at radius 2 is 2.18 bits per heavy atom. The van der Waals surface area contributed by atoms with Gasteiger partial charge in [0.15, 0.2) is 5.13 Å². The van der Waals surface area contributed by atoms with Gasteiger partial charge in [0.2, 0.25) is 0 Å². The normalized spacial score (nSPS) is 14.0. The van der Waals surface area contributed by atoms with E-state index in [0.717, 1.165) is 24.1 Å². The Morgan fingerprint density at radius 3 is 3.00 bits per heavy atom. The summed E-state index contributed by atoms with van der Waals surface area (Å²) in [5.74, 6) is -0.0954. The molecule has 0 fully saturated rings. The van der Waals surface area contributed by atoms with Gasteiger partial charge in [-0.05, 0) is 56.4 Å². The number of anilines is 1. The van der Waals surface area contributed by atoms with Gasteiger partial charge in [0.25, 0.3) is 5.91 Å². The number of carbonyl (C=O) groups excluding carboxylic acids is 1. The lowest BCUT2D eigenvalue weighted by molar-refractivity contribution is 0.102. The van der Waals surface area contributed by atoms with E-state index in [2.05, 4.69) is 15.3 Å². The molecule has 0 aliphatic heterocycles. The highest BCUT2D eigenvalue weighted by molar-refractivity contribution is 7.13. The van der Waals surface area contributed by atoms with Gasteiger partial charge in [-0.15, -0.1) is 11.3 Å². The maximum Gasteiger partial charge on any atom is 0.257 e. The molecule has 0 unspecified atom stereocenters. The van der Waals surface area contributed by atoms with Crippen LogP contribution in [0.15, 0.2) is 23.6 Å². The van der Waals surface area contributed by atoms with Crippen molar-refractivity contribution in [1.29, 1.82) is 0 Å². The van der Waals surface area contributed by atoms with Crippen molar-refractivity contribution >= 4 is 33.3 Å². The summed E-state index contributed by atoms with van der Waals surface area (Å²) in [6.07, 6.45) is 4.70. The molecule has 1 aliphatic carbocycles. The number of thiazole rings is 1. The highest BCUT2D eigenvalue weighted by atomic mass is 32.1. The minimum atomic E-state index is -0.0954. The summed E-state index contributed by atoms with van der Waals surface area (Å²) >= 11 is 1.45.